The van der Waals surface area contributed by atoms with Gasteiger partial charge >= 0.3 is 0 Å². The number of carbonyl (C=O) groups excluding carboxylic acids is 2. The van der Waals surface area contributed by atoms with Crippen molar-refractivity contribution in [2.24, 2.45) is 5.73 Å². The molecule has 2 aliphatic heterocycles. The molecule has 2 saturated heterocycles. The molecule has 0 aliphatic carbocycles. The Morgan fingerprint density at radius 3 is 2.64 bits per heavy atom. The Morgan fingerprint density at radius 1 is 1.18 bits per heavy atom. The summed E-state index contributed by atoms with van der Waals surface area (Å²) in [6.07, 6.45) is 4.53. The minimum absolute atomic E-state index is 0.0769. The van der Waals surface area contributed by atoms with Crippen molar-refractivity contribution in [1.29, 1.82) is 0 Å². The van der Waals surface area contributed by atoms with Crippen molar-refractivity contribution < 1.29 is 9.59 Å². The summed E-state index contributed by atoms with van der Waals surface area (Å²) >= 11 is 12.2. The molecule has 0 spiro atoms. The number of amides is 2. The molecule has 3 heterocycles. The maximum atomic E-state index is 12.8. The number of aromatic nitrogens is 2. The van der Waals surface area contributed by atoms with Crippen LogP contribution >= 0.6 is 23.2 Å². The van der Waals surface area contributed by atoms with E-state index in [0.29, 0.717) is 54.5 Å². The minimum atomic E-state index is -0.623. The molecule has 176 valence electrons. The Hall–Kier alpha value is -2.62. The second kappa shape index (κ2) is 10.5. The summed E-state index contributed by atoms with van der Waals surface area (Å²) in [4.78, 5) is 37.5. The first kappa shape index (κ1) is 23.5. The summed E-state index contributed by atoms with van der Waals surface area (Å²) in [6, 6.07) is 5.13. The lowest BCUT2D eigenvalue weighted by atomic mass is 10.0. The van der Waals surface area contributed by atoms with E-state index in [1.165, 1.54) is 6.20 Å². The van der Waals surface area contributed by atoms with Crippen LogP contribution < -0.4 is 21.3 Å². The van der Waals surface area contributed by atoms with Crippen LogP contribution in [0.15, 0.2) is 24.4 Å². The highest BCUT2D eigenvalue weighted by molar-refractivity contribution is 6.35. The van der Waals surface area contributed by atoms with Crippen LogP contribution in [0.4, 0.5) is 11.8 Å². The van der Waals surface area contributed by atoms with Crippen molar-refractivity contribution in [3.05, 3.63) is 45.6 Å². The molecule has 4 rings (SSSR count). The molecule has 2 fully saturated rings. The largest absolute Gasteiger partial charge is 0.365 e. The number of nitrogens with one attached hydrogen (secondary N) is 2. The number of halogens is 2. The van der Waals surface area contributed by atoms with Gasteiger partial charge < -0.3 is 26.2 Å². The molecule has 2 aliphatic rings. The summed E-state index contributed by atoms with van der Waals surface area (Å²) in [5.41, 5.74) is 6.52. The second-order valence-electron chi connectivity index (χ2n) is 8.20. The van der Waals surface area contributed by atoms with E-state index in [4.69, 9.17) is 28.9 Å². The molecule has 11 heteroatoms. The van der Waals surface area contributed by atoms with E-state index in [0.717, 1.165) is 31.4 Å². The van der Waals surface area contributed by atoms with Crippen LogP contribution in [0.25, 0.3) is 0 Å². The quantitative estimate of drug-likeness (QED) is 0.567. The van der Waals surface area contributed by atoms with Crippen molar-refractivity contribution in [3.8, 4) is 0 Å². The fourth-order valence-corrected chi connectivity index (χ4v) is 4.57. The average Bonchev–Trinajstić information content (AvgIpc) is 2.83. The van der Waals surface area contributed by atoms with Crippen LogP contribution in [0, 0.1) is 0 Å². The van der Waals surface area contributed by atoms with Gasteiger partial charge in [-0.2, -0.15) is 4.98 Å². The van der Waals surface area contributed by atoms with Gasteiger partial charge in [-0.25, -0.2) is 4.98 Å². The van der Waals surface area contributed by atoms with Gasteiger partial charge in [0, 0.05) is 49.0 Å². The van der Waals surface area contributed by atoms with Crippen molar-refractivity contribution in [2.75, 3.05) is 42.9 Å². The zero-order valence-electron chi connectivity index (χ0n) is 18.2. The number of piperidine rings is 1. The highest BCUT2D eigenvalue weighted by Crippen LogP contribution is 2.23. The Labute approximate surface area is 202 Å². The van der Waals surface area contributed by atoms with E-state index < -0.39 is 5.91 Å². The number of hydrogen-bond acceptors (Lipinski definition) is 7. The van der Waals surface area contributed by atoms with Gasteiger partial charge in [0.05, 0.1) is 11.6 Å². The lowest BCUT2D eigenvalue weighted by Gasteiger charge is -2.37. The van der Waals surface area contributed by atoms with E-state index in [2.05, 4.69) is 20.6 Å². The molecule has 33 heavy (non-hydrogen) atoms. The van der Waals surface area contributed by atoms with Crippen LogP contribution in [-0.4, -0.2) is 65.4 Å². The molecule has 1 unspecified atom stereocenters. The number of carbonyl (C=O) groups is 2. The molecule has 9 nitrogen and oxygen atoms in total. The van der Waals surface area contributed by atoms with Gasteiger partial charge in [-0.15, -0.1) is 0 Å². The first-order valence-corrected chi connectivity index (χ1v) is 11.8. The van der Waals surface area contributed by atoms with Crippen LogP contribution in [0.3, 0.4) is 0 Å². The van der Waals surface area contributed by atoms with Crippen molar-refractivity contribution >= 4 is 46.8 Å². The smallest absolute Gasteiger partial charge is 0.254 e. The van der Waals surface area contributed by atoms with E-state index in [-0.39, 0.29) is 17.5 Å². The fraction of sp³-hybridized carbons (Fsp3) is 0.455. The SMILES string of the molecule is NC(=O)c1cnc(N2CCN(C(=O)C3CCCCN3)CC2)nc1NCc1ccc(Cl)cc1Cl. The standard InChI is InChI=1S/C22H27Cl2N7O2/c23-15-5-4-14(17(24)11-15)12-27-20-16(19(25)32)13-28-22(29-20)31-9-7-30(8-10-31)21(33)18-3-1-2-6-26-18/h4-5,11,13,18,26H,1-3,6-10,12H2,(H2,25,32)(H,27,28,29). The zero-order chi connectivity index (χ0) is 23.4. The van der Waals surface area contributed by atoms with Crippen molar-refractivity contribution in [1.82, 2.24) is 20.2 Å². The second-order valence-corrected chi connectivity index (χ2v) is 9.04. The first-order chi connectivity index (χ1) is 15.9. The zero-order valence-corrected chi connectivity index (χ0v) is 19.7. The number of primary amides is 1. The molecule has 2 aromatic rings. The molecular weight excluding hydrogens is 465 g/mol. The molecule has 1 aromatic carbocycles. The number of piperazine rings is 1. The molecule has 0 radical (unpaired) electrons. The number of anilines is 2. The molecule has 4 N–H and O–H groups in total. The van der Waals surface area contributed by atoms with E-state index in [1.807, 2.05) is 9.80 Å². The summed E-state index contributed by atoms with van der Waals surface area (Å²) in [5, 5.41) is 7.52. The Morgan fingerprint density at radius 2 is 1.97 bits per heavy atom. The third-order valence-electron chi connectivity index (χ3n) is 5.99. The number of benzene rings is 1. The van der Waals surface area contributed by atoms with Crippen LogP contribution in [0.1, 0.15) is 35.2 Å². The maximum absolute atomic E-state index is 12.8. The highest BCUT2D eigenvalue weighted by atomic mass is 35.5. The van der Waals surface area contributed by atoms with Crippen molar-refractivity contribution in [2.45, 2.75) is 31.8 Å². The van der Waals surface area contributed by atoms with Crippen LogP contribution in [-0.2, 0) is 11.3 Å². The molecule has 2 amide bonds. The number of rotatable bonds is 6. The topological polar surface area (TPSA) is 116 Å². The van der Waals surface area contributed by atoms with Gasteiger partial charge in [0.1, 0.15) is 5.82 Å². The minimum Gasteiger partial charge on any atom is -0.365 e. The average molecular weight is 492 g/mol. The third kappa shape index (κ3) is 5.66. The summed E-state index contributed by atoms with van der Waals surface area (Å²) in [5.74, 6) is 0.360. The Kier molecular flexibility index (Phi) is 7.52. The summed E-state index contributed by atoms with van der Waals surface area (Å²) < 4.78 is 0. The molecule has 1 atom stereocenters. The highest BCUT2D eigenvalue weighted by Gasteiger charge is 2.29. The normalized spacial score (nSPS) is 18.8. The van der Waals surface area contributed by atoms with Crippen LogP contribution in [0.2, 0.25) is 10.0 Å². The van der Waals surface area contributed by atoms with E-state index in [9.17, 15) is 9.59 Å². The first-order valence-electron chi connectivity index (χ1n) is 11.0. The molecular formula is C22H27Cl2N7O2. The molecule has 0 saturated carbocycles. The summed E-state index contributed by atoms with van der Waals surface area (Å²) in [7, 11) is 0. The lowest BCUT2D eigenvalue weighted by Crippen LogP contribution is -2.55. The molecule has 0 bridgehead atoms. The van der Waals surface area contributed by atoms with Gasteiger partial charge in [0.15, 0.2) is 0 Å². The maximum Gasteiger partial charge on any atom is 0.254 e. The van der Waals surface area contributed by atoms with Gasteiger partial charge in [-0.1, -0.05) is 35.7 Å². The Balaban J connectivity index is 1.43. The van der Waals surface area contributed by atoms with Gasteiger partial charge in [0.2, 0.25) is 11.9 Å². The number of nitrogens with zero attached hydrogens (tertiary/aromatic N) is 4. The van der Waals surface area contributed by atoms with E-state index in [1.54, 1.807) is 18.2 Å². The predicted molar refractivity (Wildman–Crippen MR) is 129 cm³/mol. The van der Waals surface area contributed by atoms with Crippen molar-refractivity contribution in [3.63, 3.8) is 0 Å². The lowest BCUT2D eigenvalue weighted by molar-refractivity contribution is -0.134. The number of hydrogen-bond donors (Lipinski definition) is 3. The van der Waals surface area contributed by atoms with Crippen LogP contribution in [0.5, 0.6) is 0 Å². The Bertz CT molecular complexity index is 1020. The molecule has 1 aromatic heterocycles. The monoisotopic (exact) mass is 491 g/mol. The summed E-state index contributed by atoms with van der Waals surface area (Å²) in [6.45, 7) is 3.65. The number of nitrogens with two attached hydrogens (primary N) is 1. The van der Waals surface area contributed by atoms with Gasteiger partial charge in [-0.3, -0.25) is 9.59 Å². The van der Waals surface area contributed by atoms with Gasteiger partial charge in [-0.05, 0) is 37.1 Å². The fourth-order valence-electron chi connectivity index (χ4n) is 4.09. The van der Waals surface area contributed by atoms with E-state index >= 15 is 0 Å². The third-order valence-corrected chi connectivity index (χ3v) is 6.57. The van der Waals surface area contributed by atoms with Gasteiger partial charge in [0.25, 0.3) is 5.91 Å². The predicted octanol–water partition coefficient (Wildman–Crippen LogP) is 2.29.